The van der Waals surface area contributed by atoms with Gasteiger partial charge in [0, 0.05) is 26.2 Å². The number of hydrogen-bond acceptors (Lipinski definition) is 3. The number of benzene rings is 2. The molecule has 1 saturated heterocycles. The lowest BCUT2D eigenvalue weighted by atomic mass is 9.93. The Balaban J connectivity index is 1.41. The van der Waals surface area contributed by atoms with Crippen LogP contribution < -0.4 is 5.32 Å². The Morgan fingerprint density at radius 1 is 0.963 bits per heavy atom. The van der Waals surface area contributed by atoms with Crippen LogP contribution in [0, 0.1) is 13.8 Å². The van der Waals surface area contributed by atoms with Gasteiger partial charge in [0.05, 0.1) is 18.8 Å². The molecule has 2 aromatic carbocycles. The molecule has 4 rings (SSSR count). The van der Waals surface area contributed by atoms with Crippen LogP contribution >= 0.6 is 0 Å². The van der Waals surface area contributed by atoms with Crippen LogP contribution in [0.1, 0.15) is 27.8 Å². The van der Waals surface area contributed by atoms with Crippen LogP contribution in [0.5, 0.6) is 0 Å². The van der Waals surface area contributed by atoms with Crippen molar-refractivity contribution in [2.24, 2.45) is 0 Å². The summed E-state index contributed by atoms with van der Waals surface area (Å²) >= 11 is 0. The topological polar surface area (TPSA) is 24.5 Å². The van der Waals surface area contributed by atoms with E-state index in [1.54, 1.807) is 0 Å². The highest BCUT2D eigenvalue weighted by molar-refractivity contribution is 5.36. The van der Waals surface area contributed by atoms with E-state index < -0.39 is 0 Å². The Labute approximate surface area is 163 Å². The minimum Gasteiger partial charge on any atom is -0.379 e. The number of fused-ring (bicyclic) bond motifs is 1. The zero-order valence-corrected chi connectivity index (χ0v) is 16.8. The number of nitrogens with one attached hydrogen (secondary N) is 1. The molecule has 1 aliphatic heterocycles. The predicted molar refractivity (Wildman–Crippen MR) is 111 cm³/mol. The van der Waals surface area contributed by atoms with Gasteiger partial charge in [-0.3, -0.25) is 4.90 Å². The van der Waals surface area contributed by atoms with Gasteiger partial charge in [0.1, 0.15) is 0 Å². The van der Waals surface area contributed by atoms with Crippen molar-refractivity contribution in [2.45, 2.75) is 38.6 Å². The Hall–Kier alpha value is -1.68. The van der Waals surface area contributed by atoms with E-state index in [9.17, 15) is 0 Å². The molecule has 144 valence electrons. The van der Waals surface area contributed by atoms with Crippen molar-refractivity contribution in [3.63, 3.8) is 0 Å². The fourth-order valence-corrected chi connectivity index (χ4v) is 4.90. The zero-order valence-electron chi connectivity index (χ0n) is 16.8. The van der Waals surface area contributed by atoms with Crippen molar-refractivity contribution in [1.29, 1.82) is 0 Å². The molecule has 27 heavy (non-hydrogen) atoms. The third-order valence-electron chi connectivity index (χ3n) is 6.13. The molecule has 3 heteroatoms. The first-order chi connectivity index (χ1) is 13.1. The van der Waals surface area contributed by atoms with E-state index in [0.29, 0.717) is 0 Å². The highest BCUT2D eigenvalue weighted by Crippen LogP contribution is 2.35. The number of aryl methyl sites for hydroxylation is 2. The molecule has 1 heterocycles. The van der Waals surface area contributed by atoms with Crippen molar-refractivity contribution in [3.8, 4) is 0 Å². The second-order valence-corrected chi connectivity index (χ2v) is 8.38. The molecule has 1 N–H and O–H groups in total. The number of ether oxygens (including phenoxy) is 1. The average molecular weight is 365 g/mol. The van der Waals surface area contributed by atoms with Gasteiger partial charge < -0.3 is 10.1 Å². The molecule has 0 saturated carbocycles. The van der Waals surface area contributed by atoms with E-state index in [2.05, 4.69) is 66.5 Å². The van der Waals surface area contributed by atoms with E-state index in [1.165, 1.54) is 27.8 Å². The summed E-state index contributed by atoms with van der Waals surface area (Å²) < 4.78 is 6.33. The molecule has 0 atom stereocenters. The molecular formula is C24H32N2O. The summed E-state index contributed by atoms with van der Waals surface area (Å²) in [6.07, 6.45) is 3.23. The number of nitrogens with zero attached hydrogens (tertiary/aromatic N) is 1. The molecule has 2 aromatic rings. The third-order valence-corrected chi connectivity index (χ3v) is 6.13. The highest BCUT2D eigenvalue weighted by Gasteiger charge is 2.42. The molecule has 0 aromatic heterocycles. The molecular weight excluding hydrogens is 332 g/mol. The van der Waals surface area contributed by atoms with Gasteiger partial charge in [0.25, 0.3) is 0 Å². The molecule has 0 bridgehead atoms. The summed E-state index contributed by atoms with van der Waals surface area (Å²) in [6.45, 7) is 10.4. The molecule has 3 nitrogen and oxygen atoms in total. The first-order valence-electron chi connectivity index (χ1n) is 10.3. The maximum atomic E-state index is 6.33. The van der Waals surface area contributed by atoms with E-state index in [1.807, 2.05) is 0 Å². The summed E-state index contributed by atoms with van der Waals surface area (Å²) in [5, 5.41) is 3.49. The van der Waals surface area contributed by atoms with Crippen LogP contribution in [0.4, 0.5) is 0 Å². The van der Waals surface area contributed by atoms with Crippen LogP contribution in [0.2, 0.25) is 0 Å². The van der Waals surface area contributed by atoms with Crippen LogP contribution in [-0.4, -0.2) is 49.8 Å². The minimum absolute atomic E-state index is 0.133. The van der Waals surface area contributed by atoms with Crippen LogP contribution in [0.25, 0.3) is 0 Å². The van der Waals surface area contributed by atoms with Gasteiger partial charge in [0.2, 0.25) is 0 Å². The Bertz CT molecular complexity index is 734. The smallest absolute Gasteiger partial charge is 0.0657 e. The normalized spacial score (nSPS) is 19.2. The third kappa shape index (κ3) is 4.26. The number of hydrogen-bond donors (Lipinski definition) is 1. The molecule has 0 unspecified atom stereocenters. The van der Waals surface area contributed by atoms with E-state index in [0.717, 1.165) is 58.7 Å². The maximum Gasteiger partial charge on any atom is 0.0657 e. The summed E-state index contributed by atoms with van der Waals surface area (Å²) in [5.41, 5.74) is 7.22. The number of piperazine rings is 1. The summed E-state index contributed by atoms with van der Waals surface area (Å²) in [5.74, 6) is 0. The predicted octanol–water partition coefficient (Wildman–Crippen LogP) is 3.31. The highest BCUT2D eigenvalue weighted by atomic mass is 16.5. The van der Waals surface area contributed by atoms with E-state index in [4.69, 9.17) is 4.74 Å². The Morgan fingerprint density at radius 2 is 1.59 bits per heavy atom. The Morgan fingerprint density at radius 3 is 2.22 bits per heavy atom. The summed E-state index contributed by atoms with van der Waals surface area (Å²) in [7, 11) is 0. The standard InChI is InChI=1S/C24H32N2O/c1-19-13-20(2)15-21(14-19)7-12-27-18-24(26-10-8-25-9-11-26)16-22-5-3-4-6-23(22)17-24/h3-6,13-15,25H,7-12,16-18H2,1-2H3. The van der Waals surface area contributed by atoms with E-state index in [-0.39, 0.29) is 5.54 Å². The molecule has 2 aliphatic rings. The lowest BCUT2D eigenvalue weighted by Crippen LogP contribution is -2.59. The van der Waals surface area contributed by atoms with Crippen molar-refractivity contribution < 1.29 is 4.74 Å². The molecule has 0 radical (unpaired) electrons. The lowest BCUT2D eigenvalue weighted by molar-refractivity contribution is -0.00886. The summed E-state index contributed by atoms with van der Waals surface area (Å²) in [4.78, 5) is 2.68. The molecule has 0 amide bonds. The van der Waals surface area contributed by atoms with Crippen molar-refractivity contribution in [2.75, 3.05) is 39.4 Å². The molecule has 0 spiro atoms. The first-order valence-corrected chi connectivity index (χ1v) is 10.3. The van der Waals surface area contributed by atoms with Crippen molar-refractivity contribution in [3.05, 3.63) is 70.3 Å². The lowest BCUT2D eigenvalue weighted by Gasteiger charge is -2.43. The largest absolute Gasteiger partial charge is 0.379 e. The van der Waals surface area contributed by atoms with Crippen LogP contribution in [0.15, 0.2) is 42.5 Å². The van der Waals surface area contributed by atoms with Gasteiger partial charge >= 0.3 is 0 Å². The average Bonchev–Trinajstić information content (AvgIpc) is 3.05. The van der Waals surface area contributed by atoms with Gasteiger partial charge in [-0.1, -0.05) is 53.6 Å². The van der Waals surface area contributed by atoms with Crippen molar-refractivity contribution in [1.82, 2.24) is 10.2 Å². The van der Waals surface area contributed by atoms with Crippen LogP contribution in [0.3, 0.4) is 0 Å². The Kier molecular flexibility index (Phi) is 5.63. The molecule has 1 fully saturated rings. The van der Waals surface area contributed by atoms with Gasteiger partial charge in [0.15, 0.2) is 0 Å². The zero-order chi connectivity index (χ0) is 18.7. The first kappa shape index (κ1) is 18.7. The van der Waals surface area contributed by atoms with E-state index >= 15 is 0 Å². The van der Waals surface area contributed by atoms with Gasteiger partial charge in [-0.05, 0) is 49.8 Å². The van der Waals surface area contributed by atoms with Crippen molar-refractivity contribution >= 4 is 0 Å². The maximum absolute atomic E-state index is 6.33. The fraction of sp³-hybridized carbons (Fsp3) is 0.500. The summed E-state index contributed by atoms with van der Waals surface area (Å²) in [6, 6.07) is 15.8. The van der Waals surface area contributed by atoms with Gasteiger partial charge in [-0.15, -0.1) is 0 Å². The monoisotopic (exact) mass is 364 g/mol. The second-order valence-electron chi connectivity index (χ2n) is 8.38. The second kappa shape index (κ2) is 8.14. The SMILES string of the molecule is Cc1cc(C)cc(CCOCC2(N3CCNCC3)Cc3ccccc3C2)c1. The molecule has 1 aliphatic carbocycles. The van der Waals surface area contributed by atoms with Gasteiger partial charge in [-0.25, -0.2) is 0 Å². The van der Waals surface area contributed by atoms with Crippen LogP contribution in [-0.2, 0) is 24.0 Å². The minimum atomic E-state index is 0.133. The van der Waals surface area contributed by atoms with Gasteiger partial charge in [-0.2, -0.15) is 0 Å². The fourth-order valence-electron chi connectivity index (χ4n) is 4.90. The number of rotatable bonds is 6. The quantitative estimate of drug-likeness (QED) is 0.796.